The Labute approximate surface area is 182 Å². The molecule has 162 valence electrons. The van der Waals surface area contributed by atoms with Gasteiger partial charge < -0.3 is 19.5 Å². The third kappa shape index (κ3) is 4.26. The van der Waals surface area contributed by atoms with Gasteiger partial charge in [-0.3, -0.25) is 4.79 Å². The molecule has 1 fully saturated rings. The molecule has 1 saturated heterocycles. The number of fused-ring (bicyclic) bond motifs is 1. The van der Waals surface area contributed by atoms with Gasteiger partial charge in [0.2, 0.25) is 5.91 Å². The zero-order chi connectivity index (χ0) is 22.0. The first-order chi connectivity index (χ1) is 15.0. The Bertz CT molecular complexity index is 1090. The van der Waals surface area contributed by atoms with E-state index in [0.29, 0.717) is 18.0 Å². The number of esters is 1. The highest BCUT2D eigenvalue weighted by Gasteiger charge is 2.32. The average molecular weight is 421 g/mol. The molecule has 1 amide bonds. The predicted octanol–water partition coefficient (Wildman–Crippen LogP) is 3.27. The molecular weight excluding hydrogens is 392 g/mol. The number of piperidine rings is 1. The number of ether oxygens (including phenoxy) is 1. The molecule has 2 atom stereocenters. The number of hydrogen-bond donors (Lipinski definition) is 1. The summed E-state index contributed by atoms with van der Waals surface area (Å²) in [6, 6.07) is 11.4. The van der Waals surface area contributed by atoms with Crippen molar-refractivity contribution in [1.29, 1.82) is 0 Å². The van der Waals surface area contributed by atoms with Gasteiger partial charge in [0, 0.05) is 49.6 Å². The average Bonchev–Trinajstić information content (AvgIpc) is 3.27. The van der Waals surface area contributed by atoms with Crippen molar-refractivity contribution in [3.8, 4) is 0 Å². The number of benzene rings is 1. The molecule has 7 heteroatoms. The number of methoxy groups -OCH3 is 1. The number of pyridine rings is 1. The van der Waals surface area contributed by atoms with Crippen LogP contribution in [0.4, 0.5) is 5.69 Å². The molecule has 2 aromatic heterocycles. The van der Waals surface area contributed by atoms with Gasteiger partial charge in [-0.2, -0.15) is 0 Å². The van der Waals surface area contributed by atoms with Crippen LogP contribution in [0.2, 0.25) is 0 Å². The fraction of sp³-hybridized carbons (Fsp3) is 0.375. The van der Waals surface area contributed by atoms with E-state index in [4.69, 9.17) is 4.74 Å². The van der Waals surface area contributed by atoms with Crippen molar-refractivity contribution in [1.82, 2.24) is 14.9 Å². The molecule has 1 unspecified atom stereocenters. The van der Waals surface area contributed by atoms with E-state index in [1.807, 2.05) is 35.5 Å². The number of nitrogens with zero attached hydrogens (tertiary/aromatic N) is 3. The molecule has 0 bridgehead atoms. The van der Waals surface area contributed by atoms with E-state index in [2.05, 4.69) is 28.8 Å². The molecule has 3 aromatic rings. The van der Waals surface area contributed by atoms with Crippen LogP contribution in [0.1, 0.15) is 29.3 Å². The molecule has 0 spiro atoms. The van der Waals surface area contributed by atoms with Crippen molar-refractivity contribution in [2.24, 2.45) is 5.92 Å². The second-order valence-electron chi connectivity index (χ2n) is 8.22. The maximum Gasteiger partial charge on any atom is 0.337 e. The van der Waals surface area contributed by atoms with Crippen LogP contribution in [0.5, 0.6) is 0 Å². The molecule has 1 aliphatic heterocycles. The van der Waals surface area contributed by atoms with Gasteiger partial charge in [-0.15, -0.1) is 0 Å². The fourth-order valence-electron chi connectivity index (χ4n) is 4.42. The summed E-state index contributed by atoms with van der Waals surface area (Å²) in [4.78, 5) is 36.6. The van der Waals surface area contributed by atoms with Crippen LogP contribution in [-0.4, -0.2) is 60.0 Å². The number of likely N-dealkylation sites (tertiary alicyclic amines) is 1. The minimum atomic E-state index is -0.392. The fourth-order valence-corrected chi connectivity index (χ4v) is 4.42. The Morgan fingerprint density at radius 3 is 2.94 bits per heavy atom. The van der Waals surface area contributed by atoms with Gasteiger partial charge >= 0.3 is 5.97 Å². The normalized spacial score (nSPS) is 18.7. The zero-order valence-corrected chi connectivity index (χ0v) is 18.2. The van der Waals surface area contributed by atoms with Gasteiger partial charge in [-0.1, -0.05) is 19.1 Å². The number of aromatic nitrogens is 2. The molecule has 31 heavy (non-hydrogen) atoms. The number of rotatable bonds is 5. The highest BCUT2D eigenvalue weighted by molar-refractivity contribution is 5.90. The van der Waals surface area contributed by atoms with Gasteiger partial charge in [0.1, 0.15) is 5.65 Å². The Morgan fingerprint density at radius 2 is 2.13 bits per heavy atom. The van der Waals surface area contributed by atoms with E-state index in [1.165, 1.54) is 7.11 Å². The molecule has 7 nitrogen and oxygen atoms in total. The number of aromatic amines is 1. The van der Waals surface area contributed by atoms with Gasteiger partial charge in [-0.05, 0) is 42.2 Å². The summed E-state index contributed by atoms with van der Waals surface area (Å²) in [7, 11) is 3.45. The first-order valence-corrected chi connectivity index (χ1v) is 10.6. The highest BCUT2D eigenvalue weighted by atomic mass is 16.5. The monoisotopic (exact) mass is 420 g/mol. The lowest BCUT2D eigenvalue weighted by atomic mass is 9.91. The van der Waals surface area contributed by atoms with Crippen LogP contribution in [0.3, 0.4) is 0 Å². The summed E-state index contributed by atoms with van der Waals surface area (Å²) < 4.78 is 4.79. The number of likely N-dealkylation sites (N-methyl/N-ethyl adjacent to an activating group) is 1. The molecule has 1 aromatic carbocycles. The summed E-state index contributed by atoms with van der Waals surface area (Å²) in [6.07, 6.45) is 4.93. The van der Waals surface area contributed by atoms with Crippen molar-refractivity contribution < 1.29 is 14.3 Å². The lowest BCUT2D eigenvalue weighted by Crippen LogP contribution is -2.53. The first-order valence-electron chi connectivity index (χ1n) is 10.6. The molecule has 3 heterocycles. The quantitative estimate of drug-likeness (QED) is 0.641. The Balaban J connectivity index is 1.49. The largest absolute Gasteiger partial charge is 0.465 e. The molecule has 0 radical (unpaired) electrons. The minimum Gasteiger partial charge on any atom is -0.465 e. The number of hydrogen-bond acceptors (Lipinski definition) is 5. The Morgan fingerprint density at radius 1 is 1.29 bits per heavy atom. The van der Waals surface area contributed by atoms with Crippen LogP contribution >= 0.6 is 0 Å². The number of nitrogens with one attached hydrogen (secondary N) is 1. The van der Waals surface area contributed by atoms with Gasteiger partial charge in [0.15, 0.2) is 0 Å². The summed E-state index contributed by atoms with van der Waals surface area (Å²) >= 11 is 0. The summed E-state index contributed by atoms with van der Waals surface area (Å²) in [6.45, 7) is 3.66. The smallest absolute Gasteiger partial charge is 0.337 e. The van der Waals surface area contributed by atoms with Crippen LogP contribution in [0.15, 0.2) is 48.8 Å². The van der Waals surface area contributed by atoms with E-state index in [9.17, 15) is 9.59 Å². The number of carbonyl (C=O) groups excluding carboxylic acids is 2. The first kappa shape index (κ1) is 20.9. The van der Waals surface area contributed by atoms with Crippen LogP contribution in [-0.2, 0) is 16.0 Å². The number of carbonyl (C=O) groups is 2. The summed E-state index contributed by atoms with van der Waals surface area (Å²) in [5, 5.41) is 1.08. The summed E-state index contributed by atoms with van der Waals surface area (Å²) in [5.74, 6) is 0.143. The number of anilines is 1. The van der Waals surface area contributed by atoms with E-state index in [-0.39, 0.29) is 18.4 Å². The molecular formula is C24H28N4O3. The maximum atomic E-state index is 13.1. The second-order valence-corrected chi connectivity index (χ2v) is 8.22. The highest BCUT2D eigenvalue weighted by Crippen LogP contribution is 2.30. The van der Waals surface area contributed by atoms with Crippen molar-refractivity contribution in [2.45, 2.75) is 25.8 Å². The van der Waals surface area contributed by atoms with Crippen LogP contribution < -0.4 is 4.90 Å². The van der Waals surface area contributed by atoms with Crippen LogP contribution in [0.25, 0.3) is 11.0 Å². The zero-order valence-electron chi connectivity index (χ0n) is 18.2. The predicted molar refractivity (Wildman–Crippen MR) is 120 cm³/mol. The Kier molecular flexibility index (Phi) is 5.93. The van der Waals surface area contributed by atoms with E-state index >= 15 is 0 Å². The van der Waals surface area contributed by atoms with Crippen molar-refractivity contribution >= 4 is 28.6 Å². The molecule has 4 rings (SSSR count). The second kappa shape index (κ2) is 8.79. The third-order valence-corrected chi connectivity index (χ3v) is 6.29. The lowest BCUT2D eigenvalue weighted by Gasteiger charge is -2.42. The minimum absolute atomic E-state index is 0.0776. The standard InChI is InChI=1S/C24H28N4O3/c1-16-9-12-28(22(29)14-17-5-4-6-18(13-17)24(30)31-3)15-21(16)27(2)20-8-11-26-23-19(20)7-10-25-23/h4-8,10-11,13,16,21H,9,12,14-15H2,1-3H3,(H,25,26)/t16-,21?/m1/s1. The van der Waals surface area contributed by atoms with Gasteiger partial charge in [0.05, 0.1) is 19.1 Å². The third-order valence-electron chi connectivity index (χ3n) is 6.29. The van der Waals surface area contributed by atoms with E-state index in [1.54, 1.807) is 18.2 Å². The summed E-state index contributed by atoms with van der Waals surface area (Å²) in [5.41, 5.74) is 3.26. The maximum absolute atomic E-state index is 13.1. The molecule has 1 N–H and O–H groups in total. The Hall–Kier alpha value is -3.35. The van der Waals surface area contributed by atoms with Crippen LogP contribution in [0, 0.1) is 5.92 Å². The van der Waals surface area contributed by atoms with Crippen molar-refractivity contribution in [3.05, 3.63) is 59.9 Å². The molecule has 0 saturated carbocycles. The molecule has 1 aliphatic rings. The van der Waals surface area contributed by atoms with Gasteiger partial charge in [0.25, 0.3) is 0 Å². The van der Waals surface area contributed by atoms with Gasteiger partial charge in [-0.25, -0.2) is 9.78 Å². The van der Waals surface area contributed by atoms with Crippen molar-refractivity contribution in [3.63, 3.8) is 0 Å². The number of H-pyrrole nitrogens is 1. The lowest BCUT2D eigenvalue weighted by molar-refractivity contribution is -0.132. The van der Waals surface area contributed by atoms with E-state index in [0.717, 1.165) is 35.2 Å². The number of amides is 1. The molecule has 0 aliphatic carbocycles. The topological polar surface area (TPSA) is 78.5 Å². The SMILES string of the molecule is COC(=O)c1cccc(CC(=O)N2CC[C@@H](C)C(N(C)c3ccnc4[nH]ccc34)C2)c1. The van der Waals surface area contributed by atoms with E-state index < -0.39 is 5.97 Å². The van der Waals surface area contributed by atoms with Crippen molar-refractivity contribution in [2.75, 3.05) is 32.1 Å².